The van der Waals surface area contributed by atoms with E-state index in [2.05, 4.69) is 0 Å². The molecule has 1 heterocycles. The molecule has 0 unspecified atom stereocenters. The number of fused-ring (bicyclic) bond motifs is 1. The van der Waals surface area contributed by atoms with Gasteiger partial charge < -0.3 is 4.74 Å². The zero-order chi connectivity index (χ0) is 31.1. The molecular formula is C35H29F2NO5S. The standard InChI is InChI=1S/C35H29F2NO5S/c1-24-17-19-28(20-18-24)44(41,42)38-22-31-34(35(31,36)37,27-15-9-4-10-16-27)23-43-32(26-13-7-3-8-14-26)29(33(38)40)21-30(39)25-11-5-2-6-12-25/h2-21,31-32H,22-23H2,1H3/b29-21-/t31-,32+,34-/m1/s1. The molecule has 0 bridgehead atoms. The summed E-state index contributed by atoms with van der Waals surface area (Å²) in [6, 6.07) is 30.5. The molecule has 9 heteroatoms. The molecule has 4 aromatic rings. The van der Waals surface area contributed by atoms with E-state index in [0.29, 0.717) is 9.87 Å². The second-order valence-corrected chi connectivity index (χ2v) is 13.0. The fourth-order valence-electron chi connectivity index (χ4n) is 5.93. The number of ether oxygens (including phenoxy) is 1. The molecule has 0 N–H and O–H groups in total. The Kier molecular flexibility index (Phi) is 7.55. The SMILES string of the molecule is Cc1ccc(S(=O)(=O)N2C[C@H]3C(F)(F)[C@@]3(c3ccccc3)CO[C@@H](c3ccccc3)/C(=C/C(=O)c3ccccc3)C2=O)cc1. The highest BCUT2D eigenvalue weighted by Gasteiger charge is 2.82. The van der Waals surface area contributed by atoms with Crippen LogP contribution in [-0.2, 0) is 25.0 Å². The van der Waals surface area contributed by atoms with Crippen LogP contribution in [0.3, 0.4) is 0 Å². The van der Waals surface area contributed by atoms with Gasteiger partial charge in [-0.05, 0) is 36.3 Å². The minimum atomic E-state index is -4.65. The molecule has 44 heavy (non-hydrogen) atoms. The minimum absolute atomic E-state index is 0.226. The van der Waals surface area contributed by atoms with Gasteiger partial charge in [0.25, 0.3) is 21.9 Å². The normalized spacial score (nSPS) is 24.1. The van der Waals surface area contributed by atoms with Crippen molar-refractivity contribution in [2.75, 3.05) is 13.2 Å². The molecule has 0 radical (unpaired) electrons. The topological polar surface area (TPSA) is 80.8 Å². The maximum absolute atomic E-state index is 16.1. The van der Waals surface area contributed by atoms with E-state index in [9.17, 15) is 18.0 Å². The molecule has 0 aromatic heterocycles. The number of carbonyl (C=O) groups excluding carboxylic acids is 2. The molecule has 1 saturated carbocycles. The van der Waals surface area contributed by atoms with E-state index < -0.39 is 58.2 Å². The number of rotatable bonds is 6. The van der Waals surface area contributed by atoms with Crippen LogP contribution < -0.4 is 0 Å². The van der Waals surface area contributed by atoms with Crippen LogP contribution in [0.25, 0.3) is 0 Å². The number of alkyl halides is 2. The molecule has 6 rings (SSSR count). The number of hydrogen-bond acceptors (Lipinski definition) is 5. The van der Waals surface area contributed by atoms with Crippen molar-refractivity contribution in [3.63, 3.8) is 0 Å². The van der Waals surface area contributed by atoms with Gasteiger partial charge in [-0.15, -0.1) is 0 Å². The number of hydrogen-bond donors (Lipinski definition) is 0. The zero-order valence-corrected chi connectivity index (χ0v) is 24.6. The first-order valence-electron chi connectivity index (χ1n) is 14.1. The van der Waals surface area contributed by atoms with Crippen molar-refractivity contribution in [2.45, 2.75) is 29.3 Å². The summed E-state index contributed by atoms with van der Waals surface area (Å²) in [6.45, 7) is 0.452. The summed E-state index contributed by atoms with van der Waals surface area (Å²) in [5.41, 5.74) is -0.443. The van der Waals surface area contributed by atoms with E-state index in [1.165, 1.54) is 12.1 Å². The number of amides is 1. The van der Waals surface area contributed by atoms with E-state index in [1.54, 1.807) is 110 Å². The van der Waals surface area contributed by atoms with Gasteiger partial charge in [-0.1, -0.05) is 109 Å². The Morgan fingerprint density at radius 3 is 2.05 bits per heavy atom. The molecular weight excluding hydrogens is 584 g/mol. The third-order valence-corrected chi connectivity index (χ3v) is 10.2. The first-order valence-corrected chi connectivity index (χ1v) is 15.6. The Labute approximate surface area is 254 Å². The van der Waals surface area contributed by atoms with Gasteiger partial charge in [0.1, 0.15) is 6.10 Å². The van der Waals surface area contributed by atoms with Crippen LogP contribution in [0.1, 0.15) is 33.2 Å². The summed E-state index contributed by atoms with van der Waals surface area (Å²) in [5.74, 6) is -6.62. The lowest BCUT2D eigenvalue weighted by atomic mass is 9.93. The molecule has 4 aromatic carbocycles. The van der Waals surface area contributed by atoms with Gasteiger partial charge in [-0.3, -0.25) is 9.59 Å². The highest BCUT2D eigenvalue weighted by atomic mass is 32.2. The third-order valence-electron chi connectivity index (χ3n) is 8.47. The Hall–Kier alpha value is -4.47. The summed E-state index contributed by atoms with van der Waals surface area (Å²) in [4.78, 5) is 27.8. The lowest BCUT2D eigenvalue weighted by molar-refractivity contribution is -0.124. The lowest BCUT2D eigenvalue weighted by Crippen LogP contribution is -2.41. The summed E-state index contributed by atoms with van der Waals surface area (Å²) in [7, 11) is -4.65. The van der Waals surface area contributed by atoms with Crippen molar-refractivity contribution < 1.29 is 31.5 Å². The quantitative estimate of drug-likeness (QED) is 0.189. The number of halogens is 2. The summed E-state index contributed by atoms with van der Waals surface area (Å²) in [5, 5.41) is 0. The van der Waals surface area contributed by atoms with Crippen LogP contribution in [0.4, 0.5) is 8.78 Å². The fourth-order valence-corrected chi connectivity index (χ4v) is 7.34. The van der Waals surface area contributed by atoms with Crippen LogP contribution in [0, 0.1) is 12.8 Å². The van der Waals surface area contributed by atoms with Crippen LogP contribution in [0.2, 0.25) is 0 Å². The number of nitrogens with zero attached hydrogens (tertiary/aromatic N) is 1. The van der Waals surface area contributed by atoms with Gasteiger partial charge in [-0.25, -0.2) is 21.5 Å². The van der Waals surface area contributed by atoms with Crippen LogP contribution >= 0.6 is 0 Å². The second-order valence-electron chi connectivity index (χ2n) is 11.1. The number of aryl methyl sites for hydroxylation is 1. The maximum Gasteiger partial charge on any atom is 0.266 e. The van der Waals surface area contributed by atoms with Gasteiger partial charge in [0, 0.05) is 12.1 Å². The second kappa shape index (κ2) is 11.2. The Bertz CT molecular complexity index is 1830. The predicted octanol–water partition coefficient (Wildman–Crippen LogP) is 6.30. The first kappa shape index (κ1) is 29.6. The molecule has 1 aliphatic heterocycles. The molecule has 1 saturated heterocycles. The lowest BCUT2D eigenvalue weighted by Gasteiger charge is -2.27. The molecule has 1 aliphatic carbocycles. The molecule has 2 fully saturated rings. The third kappa shape index (κ3) is 4.96. The van der Waals surface area contributed by atoms with E-state index in [1.807, 2.05) is 0 Å². The Balaban J connectivity index is 1.57. The summed E-state index contributed by atoms with van der Waals surface area (Å²) in [6.07, 6.45) is -0.250. The number of carbonyl (C=O) groups is 2. The molecule has 224 valence electrons. The van der Waals surface area contributed by atoms with Gasteiger partial charge in [0.2, 0.25) is 0 Å². The average Bonchev–Trinajstić information content (AvgIpc) is 3.50. The number of benzene rings is 4. The monoisotopic (exact) mass is 613 g/mol. The Morgan fingerprint density at radius 2 is 1.43 bits per heavy atom. The molecule has 2 aliphatic rings. The minimum Gasteiger partial charge on any atom is -0.367 e. The van der Waals surface area contributed by atoms with Crippen molar-refractivity contribution in [2.24, 2.45) is 5.92 Å². The van der Waals surface area contributed by atoms with Gasteiger partial charge >= 0.3 is 0 Å². The van der Waals surface area contributed by atoms with Gasteiger partial charge in [-0.2, -0.15) is 0 Å². The zero-order valence-electron chi connectivity index (χ0n) is 23.8. The Morgan fingerprint density at radius 1 is 0.864 bits per heavy atom. The first-order chi connectivity index (χ1) is 21.1. The fraction of sp³-hybridized carbons (Fsp3) is 0.200. The van der Waals surface area contributed by atoms with Crippen LogP contribution in [-0.4, -0.2) is 43.5 Å². The maximum atomic E-state index is 16.1. The largest absolute Gasteiger partial charge is 0.367 e. The molecule has 3 atom stereocenters. The summed E-state index contributed by atoms with van der Waals surface area (Å²) >= 11 is 0. The van der Waals surface area contributed by atoms with E-state index in [-0.39, 0.29) is 21.6 Å². The van der Waals surface area contributed by atoms with Crippen molar-refractivity contribution >= 4 is 21.7 Å². The molecule has 6 nitrogen and oxygen atoms in total. The van der Waals surface area contributed by atoms with E-state index in [0.717, 1.165) is 11.6 Å². The van der Waals surface area contributed by atoms with E-state index >= 15 is 8.78 Å². The van der Waals surface area contributed by atoms with Crippen LogP contribution in [0.15, 0.2) is 132 Å². The van der Waals surface area contributed by atoms with Gasteiger partial charge in [0.15, 0.2) is 5.78 Å². The van der Waals surface area contributed by atoms with Crippen molar-refractivity contribution in [1.29, 1.82) is 0 Å². The number of ketones is 1. The molecule has 0 spiro atoms. The van der Waals surface area contributed by atoms with Gasteiger partial charge in [0.05, 0.1) is 28.4 Å². The van der Waals surface area contributed by atoms with Crippen molar-refractivity contribution in [3.8, 4) is 0 Å². The van der Waals surface area contributed by atoms with Crippen LogP contribution in [0.5, 0.6) is 0 Å². The average molecular weight is 614 g/mol. The number of sulfonamides is 1. The molecule has 1 amide bonds. The highest BCUT2D eigenvalue weighted by molar-refractivity contribution is 7.89. The number of allylic oxidation sites excluding steroid dienone is 1. The van der Waals surface area contributed by atoms with Crippen molar-refractivity contribution in [3.05, 3.63) is 149 Å². The van der Waals surface area contributed by atoms with Crippen molar-refractivity contribution in [1.82, 2.24) is 4.31 Å². The highest BCUT2D eigenvalue weighted by Crippen LogP contribution is 2.67. The summed E-state index contributed by atoms with van der Waals surface area (Å²) < 4.78 is 67.2. The predicted molar refractivity (Wildman–Crippen MR) is 161 cm³/mol. The smallest absolute Gasteiger partial charge is 0.266 e. The van der Waals surface area contributed by atoms with E-state index in [4.69, 9.17) is 4.74 Å².